The molecule has 3 N–H and O–H groups in total. The van der Waals surface area contributed by atoms with Crippen LogP contribution in [0.3, 0.4) is 0 Å². The van der Waals surface area contributed by atoms with Crippen LogP contribution in [-0.2, 0) is 14.6 Å². The van der Waals surface area contributed by atoms with Gasteiger partial charge in [0.25, 0.3) is 0 Å². The first-order chi connectivity index (χ1) is 15.6. The number of carbonyl (C=O) groups is 1. The van der Waals surface area contributed by atoms with Crippen molar-refractivity contribution in [2.75, 3.05) is 0 Å². The van der Waals surface area contributed by atoms with E-state index in [2.05, 4.69) is 10.3 Å². The molecule has 0 spiro atoms. The monoisotopic (exact) mass is 492 g/mol. The number of alkyl carbamates (subject to hydrolysis) is 1. The quantitative estimate of drug-likeness (QED) is 0.508. The minimum atomic E-state index is -3.54. The molecule has 4 rings (SSSR count). The van der Waals surface area contributed by atoms with E-state index in [9.17, 15) is 23.3 Å². The van der Waals surface area contributed by atoms with Crippen LogP contribution in [0, 0.1) is 0 Å². The lowest BCUT2D eigenvalue weighted by molar-refractivity contribution is 0.109. The van der Waals surface area contributed by atoms with Crippen LogP contribution >= 0.6 is 11.3 Å². The van der Waals surface area contributed by atoms with Crippen molar-refractivity contribution < 1.29 is 28.0 Å². The Kier molecular flexibility index (Phi) is 7.13. The third-order valence-corrected chi connectivity index (χ3v) is 9.60. The molecule has 0 radical (unpaired) electrons. The first kappa shape index (κ1) is 24.2. The average molecular weight is 492 g/mol. The predicted octanol–water partition coefficient (Wildman–Crippen LogP) is 2.59. The summed E-state index contributed by atoms with van der Waals surface area (Å²) in [5, 5.41) is 22.6. The molecule has 2 aliphatic rings. The number of thiazole rings is 1. The van der Waals surface area contributed by atoms with E-state index in [1.807, 2.05) is 13.8 Å². The van der Waals surface area contributed by atoms with Crippen molar-refractivity contribution in [3.63, 3.8) is 0 Å². The second kappa shape index (κ2) is 9.73. The normalized spacial score (nSPS) is 21.1. The van der Waals surface area contributed by atoms with Gasteiger partial charge in [-0.05, 0) is 63.9 Å². The number of sulfone groups is 1. The van der Waals surface area contributed by atoms with E-state index in [4.69, 9.17) is 4.74 Å². The number of hydrogen-bond acceptors (Lipinski definition) is 8. The first-order valence-electron chi connectivity index (χ1n) is 11.3. The molecule has 1 aromatic heterocycles. The SMILES string of the molecule is CC(C)OC(=O)N[C@H]1CC[C@H](c2ncc(-c3ccc(B(O)O)cc3S(=O)(=O)C3CC3)s2)CC1. The molecule has 33 heavy (non-hydrogen) atoms. The van der Waals surface area contributed by atoms with E-state index < -0.39 is 22.2 Å². The Morgan fingerprint density at radius 2 is 1.88 bits per heavy atom. The smallest absolute Gasteiger partial charge is 0.447 e. The maximum absolute atomic E-state index is 13.0. The van der Waals surface area contributed by atoms with Crippen LogP contribution in [-0.4, -0.2) is 54.1 Å². The van der Waals surface area contributed by atoms with E-state index >= 15 is 0 Å². The lowest BCUT2D eigenvalue weighted by Crippen LogP contribution is -2.38. The molecular formula is C22H29BN2O6S2. The van der Waals surface area contributed by atoms with Crippen molar-refractivity contribution in [1.29, 1.82) is 0 Å². The zero-order valence-corrected chi connectivity index (χ0v) is 20.4. The Balaban J connectivity index is 1.50. The zero-order chi connectivity index (χ0) is 23.8. The molecule has 8 nitrogen and oxygen atoms in total. The lowest BCUT2D eigenvalue weighted by atomic mass is 9.80. The molecular weight excluding hydrogens is 463 g/mol. The van der Waals surface area contributed by atoms with E-state index in [0.717, 1.165) is 35.6 Å². The number of rotatable bonds is 7. The van der Waals surface area contributed by atoms with Gasteiger partial charge in [0.15, 0.2) is 9.84 Å². The van der Waals surface area contributed by atoms with Gasteiger partial charge < -0.3 is 20.1 Å². The Bertz CT molecular complexity index is 1110. The highest BCUT2D eigenvalue weighted by Gasteiger charge is 2.39. The van der Waals surface area contributed by atoms with Crippen LogP contribution in [0.1, 0.15) is 63.3 Å². The minimum absolute atomic E-state index is 0.0830. The fraction of sp³-hybridized carbons (Fsp3) is 0.545. The number of ether oxygens (including phenoxy) is 1. The molecule has 1 aromatic carbocycles. The second-order valence-electron chi connectivity index (χ2n) is 9.08. The number of benzene rings is 1. The van der Waals surface area contributed by atoms with E-state index in [1.54, 1.807) is 18.3 Å². The van der Waals surface area contributed by atoms with Crippen LogP contribution in [0.5, 0.6) is 0 Å². The standard InChI is InChI=1S/C22H29BN2O6S2/c1-13(2)31-22(26)25-16-6-3-14(4-7-16)21-24-12-19(32-21)18-10-5-15(23(27)28)11-20(18)33(29,30)17-8-9-17/h5,10-14,16-17,27-28H,3-4,6-9H2,1-2H3,(H,25,26)/t14-,16-. The van der Waals surface area contributed by atoms with Crippen LogP contribution in [0.4, 0.5) is 4.79 Å². The summed E-state index contributed by atoms with van der Waals surface area (Å²) in [5.41, 5.74) is 0.714. The fourth-order valence-electron chi connectivity index (χ4n) is 4.20. The van der Waals surface area contributed by atoms with Gasteiger partial charge in [-0.3, -0.25) is 0 Å². The van der Waals surface area contributed by atoms with Gasteiger partial charge in [-0.25, -0.2) is 18.2 Å². The summed E-state index contributed by atoms with van der Waals surface area (Å²) in [4.78, 5) is 17.3. The molecule has 0 aliphatic heterocycles. The average Bonchev–Trinajstić information content (AvgIpc) is 3.52. The second-order valence-corrected chi connectivity index (χ2v) is 12.3. The predicted molar refractivity (Wildman–Crippen MR) is 127 cm³/mol. The molecule has 2 aromatic rings. The summed E-state index contributed by atoms with van der Waals surface area (Å²) in [7, 11) is -5.27. The van der Waals surface area contributed by atoms with Crippen LogP contribution in [0.2, 0.25) is 0 Å². The molecule has 0 atom stereocenters. The summed E-state index contributed by atoms with van der Waals surface area (Å²) >= 11 is 1.48. The Hall–Kier alpha value is -1.95. The van der Waals surface area contributed by atoms with Gasteiger partial charge in [-0.15, -0.1) is 11.3 Å². The van der Waals surface area contributed by atoms with Crippen LogP contribution in [0.15, 0.2) is 29.3 Å². The topological polar surface area (TPSA) is 126 Å². The number of amides is 1. The third kappa shape index (κ3) is 5.59. The molecule has 1 heterocycles. The van der Waals surface area contributed by atoms with E-state index in [-0.39, 0.29) is 34.5 Å². The van der Waals surface area contributed by atoms with Gasteiger partial charge in [0, 0.05) is 23.7 Å². The molecule has 0 unspecified atom stereocenters. The number of carbonyl (C=O) groups excluding carboxylic acids is 1. The van der Waals surface area contributed by atoms with Gasteiger partial charge in [0.1, 0.15) is 0 Å². The minimum Gasteiger partial charge on any atom is -0.447 e. The van der Waals surface area contributed by atoms with Crippen molar-refractivity contribution in [2.24, 2.45) is 0 Å². The highest BCUT2D eigenvalue weighted by Crippen LogP contribution is 2.41. The number of aromatic nitrogens is 1. The van der Waals surface area contributed by atoms with Gasteiger partial charge in [-0.1, -0.05) is 12.1 Å². The van der Waals surface area contributed by atoms with Gasteiger partial charge in [0.2, 0.25) is 0 Å². The number of nitrogens with zero attached hydrogens (tertiary/aromatic N) is 1. The maximum Gasteiger partial charge on any atom is 0.488 e. The van der Waals surface area contributed by atoms with Crippen molar-refractivity contribution in [2.45, 2.75) is 80.6 Å². The van der Waals surface area contributed by atoms with Crippen molar-refractivity contribution >= 4 is 39.8 Å². The largest absolute Gasteiger partial charge is 0.488 e. The maximum atomic E-state index is 13.0. The molecule has 1 amide bonds. The summed E-state index contributed by atoms with van der Waals surface area (Å²) in [6, 6.07) is 4.64. The first-order valence-corrected chi connectivity index (χ1v) is 13.7. The van der Waals surface area contributed by atoms with Gasteiger partial charge in [0.05, 0.1) is 26.1 Å². The molecule has 178 valence electrons. The summed E-state index contributed by atoms with van der Waals surface area (Å²) < 4.78 is 31.2. The lowest BCUT2D eigenvalue weighted by Gasteiger charge is -2.28. The van der Waals surface area contributed by atoms with Crippen molar-refractivity contribution in [3.8, 4) is 10.4 Å². The summed E-state index contributed by atoms with van der Waals surface area (Å²) in [5.74, 6) is 0.255. The number of hydrogen-bond donors (Lipinski definition) is 3. The Morgan fingerprint density at radius 3 is 2.48 bits per heavy atom. The summed E-state index contributed by atoms with van der Waals surface area (Å²) in [6.07, 6.45) is 5.84. The highest BCUT2D eigenvalue weighted by molar-refractivity contribution is 7.92. The van der Waals surface area contributed by atoms with E-state index in [0.29, 0.717) is 18.4 Å². The van der Waals surface area contributed by atoms with Gasteiger partial charge in [-0.2, -0.15) is 0 Å². The van der Waals surface area contributed by atoms with Crippen LogP contribution < -0.4 is 10.8 Å². The van der Waals surface area contributed by atoms with Gasteiger partial charge >= 0.3 is 13.2 Å². The molecule has 2 aliphatic carbocycles. The van der Waals surface area contributed by atoms with Crippen molar-refractivity contribution in [3.05, 3.63) is 29.4 Å². The highest BCUT2D eigenvalue weighted by atomic mass is 32.2. The van der Waals surface area contributed by atoms with Crippen LogP contribution in [0.25, 0.3) is 10.4 Å². The molecule has 0 saturated heterocycles. The molecule has 0 bridgehead atoms. The Morgan fingerprint density at radius 1 is 1.18 bits per heavy atom. The molecule has 2 saturated carbocycles. The number of nitrogens with one attached hydrogen (secondary N) is 1. The molecule has 2 fully saturated rings. The van der Waals surface area contributed by atoms with Crippen molar-refractivity contribution in [1.82, 2.24) is 10.3 Å². The van der Waals surface area contributed by atoms with E-state index in [1.165, 1.54) is 17.4 Å². The zero-order valence-electron chi connectivity index (χ0n) is 18.7. The third-order valence-electron chi connectivity index (χ3n) is 6.10. The molecule has 11 heteroatoms. The summed E-state index contributed by atoms with van der Waals surface area (Å²) in [6.45, 7) is 3.63. The fourth-order valence-corrected chi connectivity index (χ4v) is 7.29. The Labute approximate surface area is 198 Å².